The highest BCUT2D eigenvalue weighted by atomic mass is 16.5. The molecule has 140 valence electrons. The Labute approximate surface area is 151 Å². The molecule has 1 unspecified atom stereocenters. The molecule has 3 N–H and O–H groups in total. The molecule has 0 radical (unpaired) electrons. The summed E-state index contributed by atoms with van der Waals surface area (Å²) in [5, 5.41) is 21.6. The number of amides is 1. The van der Waals surface area contributed by atoms with Crippen LogP contribution < -0.4 is 10.1 Å². The molecule has 1 amide bonds. The van der Waals surface area contributed by atoms with Crippen LogP contribution in [0.15, 0.2) is 24.3 Å². The molecule has 1 aliphatic carbocycles. The van der Waals surface area contributed by atoms with Crippen molar-refractivity contribution in [3.05, 3.63) is 29.8 Å². The third kappa shape index (κ3) is 4.41. The lowest BCUT2D eigenvalue weighted by molar-refractivity contribution is -0.120. The van der Waals surface area contributed by atoms with E-state index in [0.29, 0.717) is 12.8 Å². The molecule has 0 spiro atoms. The fourth-order valence-electron chi connectivity index (χ4n) is 3.07. The standard InChI is InChI=1S/C19H23NO6/c1-19(2)9-8-13(21)11(10-19)4-7-15(23)20-16-14(22)6-5-12(18(24)25)17(16)26-3/h5-6,8-9,11,22H,4,7,10H2,1-3H3,(H,20,23)(H,24,25). The van der Waals surface area contributed by atoms with Gasteiger partial charge in [0, 0.05) is 12.3 Å². The molecular weight excluding hydrogens is 338 g/mol. The monoisotopic (exact) mass is 361 g/mol. The van der Waals surface area contributed by atoms with Gasteiger partial charge in [0.15, 0.2) is 11.5 Å². The lowest BCUT2D eigenvalue weighted by atomic mass is 9.75. The molecule has 0 fully saturated rings. The summed E-state index contributed by atoms with van der Waals surface area (Å²) in [4.78, 5) is 35.5. The van der Waals surface area contributed by atoms with Crippen LogP contribution in [0.3, 0.4) is 0 Å². The fourth-order valence-corrected chi connectivity index (χ4v) is 3.07. The summed E-state index contributed by atoms with van der Waals surface area (Å²) in [5.41, 5.74) is -0.352. The van der Waals surface area contributed by atoms with Crippen LogP contribution >= 0.6 is 0 Å². The van der Waals surface area contributed by atoms with Crippen molar-refractivity contribution in [3.63, 3.8) is 0 Å². The number of rotatable bonds is 6. The van der Waals surface area contributed by atoms with Gasteiger partial charge in [0.2, 0.25) is 5.91 Å². The number of carboxylic acid groups (broad SMARTS) is 1. The highest BCUT2D eigenvalue weighted by molar-refractivity contribution is 6.00. The number of ether oxygens (including phenoxy) is 1. The third-order valence-electron chi connectivity index (χ3n) is 4.43. The second-order valence-corrected chi connectivity index (χ2v) is 7.06. The van der Waals surface area contributed by atoms with Gasteiger partial charge < -0.3 is 20.3 Å². The van der Waals surface area contributed by atoms with Gasteiger partial charge in [-0.1, -0.05) is 19.9 Å². The summed E-state index contributed by atoms with van der Waals surface area (Å²) in [6, 6.07) is 2.38. The molecule has 7 nitrogen and oxygen atoms in total. The van der Waals surface area contributed by atoms with Crippen LogP contribution in [0, 0.1) is 11.3 Å². The molecule has 7 heteroatoms. The largest absolute Gasteiger partial charge is 0.506 e. The molecule has 0 saturated heterocycles. The maximum absolute atomic E-state index is 12.3. The Morgan fingerprint density at radius 3 is 2.65 bits per heavy atom. The highest BCUT2D eigenvalue weighted by Crippen LogP contribution is 2.38. The zero-order valence-corrected chi connectivity index (χ0v) is 15.0. The summed E-state index contributed by atoms with van der Waals surface area (Å²) in [7, 11) is 1.26. The van der Waals surface area contributed by atoms with Crippen molar-refractivity contribution < 1.29 is 29.3 Å². The lowest BCUT2D eigenvalue weighted by Gasteiger charge is -2.29. The Morgan fingerprint density at radius 2 is 2.04 bits per heavy atom. The second kappa shape index (κ2) is 7.59. The number of allylic oxidation sites excluding steroid dienone is 2. The van der Waals surface area contributed by atoms with Gasteiger partial charge in [-0.3, -0.25) is 9.59 Å². The Balaban J connectivity index is 2.09. The molecule has 1 aliphatic rings. The predicted molar refractivity (Wildman–Crippen MR) is 95.5 cm³/mol. The van der Waals surface area contributed by atoms with Crippen LogP contribution in [0.4, 0.5) is 5.69 Å². The smallest absolute Gasteiger partial charge is 0.339 e. The van der Waals surface area contributed by atoms with E-state index in [1.54, 1.807) is 6.08 Å². The number of ketones is 1. The zero-order chi connectivity index (χ0) is 19.5. The number of hydrogen-bond donors (Lipinski definition) is 3. The molecule has 1 aromatic carbocycles. The number of phenolic OH excluding ortho intramolecular Hbond substituents is 1. The summed E-state index contributed by atoms with van der Waals surface area (Å²) >= 11 is 0. The van der Waals surface area contributed by atoms with Crippen molar-refractivity contribution in [1.29, 1.82) is 0 Å². The average molecular weight is 361 g/mol. The average Bonchev–Trinajstić information content (AvgIpc) is 2.57. The number of anilines is 1. The van der Waals surface area contributed by atoms with E-state index in [1.807, 2.05) is 19.9 Å². The van der Waals surface area contributed by atoms with Gasteiger partial charge >= 0.3 is 5.97 Å². The van der Waals surface area contributed by atoms with Gasteiger partial charge in [-0.05, 0) is 36.5 Å². The lowest BCUT2D eigenvalue weighted by Crippen LogP contribution is -2.26. The molecule has 0 saturated carbocycles. The zero-order valence-electron chi connectivity index (χ0n) is 15.0. The van der Waals surface area contributed by atoms with Crippen molar-refractivity contribution >= 4 is 23.3 Å². The van der Waals surface area contributed by atoms with Gasteiger partial charge in [-0.15, -0.1) is 0 Å². The number of nitrogens with one attached hydrogen (secondary N) is 1. The van der Waals surface area contributed by atoms with E-state index in [-0.39, 0.29) is 46.3 Å². The quantitative estimate of drug-likeness (QED) is 0.671. The number of benzene rings is 1. The molecule has 0 aliphatic heterocycles. The van der Waals surface area contributed by atoms with Crippen molar-refractivity contribution in [3.8, 4) is 11.5 Å². The summed E-state index contributed by atoms with van der Waals surface area (Å²) < 4.78 is 5.04. The minimum absolute atomic E-state index is 0.00503. The van der Waals surface area contributed by atoms with Gasteiger partial charge in [0.25, 0.3) is 0 Å². The summed E-state index contributed by atoms with van der Waals surface area (Å²) in [6.45, 7) is 4.06. The molecule has 1 aromatic rings. The minimum Gasteiger partial charge on any atom is -0.506 e. The molecule has 2 rings (SSSR count). The first-order valence-corrected chi connectivity index (χ1v) is 8.31. The van der Waals surface area contributed by atoms with E-state index in [4.69, 9.17) is 4.74 Å². The van der Waals surface area contributed by atoms with E-state index in [9.17, 15) is 24.6 Å². The number of carbonyl (C=O) groups is 3. The van der Waals surface area contributed by atoms with E-state index in [0.717, 1.165) is 0 Å². The van der Waals surface area contributed by atoms with Crippen LogP contribution in [0.5, 0.6) is 11.5 Å². The SMILES string of the molecule is COc1c(C(=O)O)ccc(O)c1NC(=O)CCC1CC(C)(C)C=CC1=O. The van der Waals surface area contributed by atoms with Crippen molar-refractivity contribution in [1.82, 2.24) is 0 Å². The molecule has 0 bridgehead atoms. The number of aromatic hydroxyl groups is 1. The van der Waals surface area contributed by atoms with Gasteiger partial charge in [-0.25, -0.2) is 4.79 Å². The number of hydrogen-bond acceptors (Lipinski definition) is 5. The molecule has 1 atom stereocenters. The van der Waals surface area contributed by atoms with Gasteiger partial charge in [0.05, 0.1) is 7.11 Å². The number of aromatic carboxylic acids is 1. The van der Waals surface area contributed by atoms with Crippen LogP contribution in [-0.4, -0.2) is 35.0 Å². The Morgan fingerprint density at radius 1 is 1.35 bits per heavy atom. The summed E-state index contributed by atoms with van der Waals surface area (Å²) in [6.07, 6.45) is 4.56. The number of phenols is 1. The maximum atomic E-state index is 12.3. The van der Waals surface area contributed by atoms with Crippen LogP contribution in [0.25, 0.3) is 0 Å². The van der Waals surface area contributed by atoms with Crippen LogP contribution in [0.2, 0.25) is 0 Å². The van der Waals surface area contributed by atoms with Crippen molar-refractivity contribution in [2.75, 3.05) is 12.4 Å². The second-order valence-electron chi connectivity index (χ2n) is 7.06. The van der Waals surface area contributed by atoms with E-state index >= 15 is 0 Å². The van der Waals surface area contributed by atoms with Gasteiger partial charge in [0.1, 0.15) is 17.0 Å². The highest BCUT2D eigenvalue weighted by Gasteiger charge is 2.30. The Kier molecular flexibility index (Phi) is 5.69. The summed E-state index contributed by atoms with van der Waals surface area (Å²) in [5.74, 6) is -2.31. The fraction of sp³-hybridized carbons (Fsp3) is 0.421. The number of carbonyl (C=O) groups excluding carboxylic acids is 2. The number of methoxy groups -OCH3 is 1. The molecule has 0 aromatic heterocycles. The number of carboxylic acids is 1. The van der Waals surface area contributed by atoms with Crippen LogP contribution in [0.1, 0.15) is 43.5 Å². The van der Waals surface area contributed by atoms with Crippen molar-refractivity contribution in [2.24, 2.45) is 11.3 Å². The molecule has 0 heterocycles. The maximum Gasteiger partial charge on any atom is 0.339 e. The Bertz CT molecular complexity index is 766. The Hall–Kier alpha value is -2.83. The van der Waals surface area contributed by atoms with Crippen molar-refractivity contribution in [2.45, 2.75) is 33.1 Å². The van der Waals surface area contributed by atoms with Gasteiger partial charge in [-0.2, -0.15) is 0 Å². The predicted octanol–water partition coefficient (Wildman–Crippen LogP) is 2.99. The first-order valence-electron chi connectivity index (χ1n) is 8.31. The van der Waals surface area contributed by atoms with E-state index < -0.39 is 11.9 Å². The molecular formula is C19H23NO6. The normalized spacial score (nSPS) is 18.4. The molecule has 26 heavy (non-hydrogen) atoms. The third-order valence-corrected chi connectivity index (χ3v) is 4.43. The van der Waals surface area contributed by atoms with E-state index in [2.05, 4.69) is 5.32 Å². The minimum atomic E-state index is -1.24. The topological polar surface area (TPSA) is 113 Å². The first-order chi connectivity index (χ1) is 12.1. The van der Waals surface area contributed by atoms with E-state index in [1.165, 1.54) is 19.2 Å². The van der Waals surface area contributed by atoms with Crippen LogP contribution in [-0.2, 0) is 9.59 Å². The first kappa shape index (κ1) is 19.5.